The van der Waals surface area contributed by atoms with Crippen LogP contribution in [-0.4, -0.2) is 25.9 Å². The average Bonchev–Trinajstić information content (AvgIpc) is 2.97. The van der Waals surface area contributed by atoms with Crippen molar-refractivity contribution < 1.29 is 17.9 Å². The highest BCUT2D eigenvalue weighted by Gasteiger charge is 2.27. The number of ketones is 1. The highest BCUT2D eigenvalue weighted by atomic mass is 32.2. The van der Waals surface area contributed by atoms with E-state index >= 15 is 0 Å². The van der Waals surface area contributed by atoms with Crippen LogP contribution in [0.4, 0.5) is 5.69 Å². The molecule has 0 radical (unpaired) electrons. The summed E-state index contributed by atoms with van der Waals surface area (Å²) in [5, 5.41) is 0. The highest BCUT2D eigenvalue weighted by molar-refractivity contribution is 7.92. The van der Waals surface area contributed by atoms with E-state index in [1.807, 2.05) is 31.2 Å². The van der Waals surface area contributed by atoms with Crippen LogP contribution in [0.1, 0.15) is 29.4 Å². The first-order valence-corrected chi connectivity index (χ1v) is 10.7. The number of sulfonamides is 1. The van der Waals surface area contributed by atoms with Crippen molar-refractivity contribution >= 4 is 21.5 Å². The second kappa shape index (κ2) is 8.13. The molecule has 0 fully saturated rings. The number of carbonyl (C=O) groups excluding carboxylic acids is 1. The third-order valence-electron chi connectivity index (χ3n) is 4.88. The summed E-state index contributed by atoms with van der Waals surface area (Å²) >= 11 is 0. The van der Waals surface area contributed by atoms with Crippen LogP contribution < -0.4 is 9.46 Å². The van der Waals surface area contributed by atoms with Gasteiger partial charge in [0.2, 0.25) is 0 Å². The fraction of sp³-hybridized carbons (Fsp3) is 0.227. The number of Topliss-reactive ketones (excluding diaryl/α,β-unsaturated/α-hetero) is 1. The van der Waals surface area contributed by atoms with E-state index in [1.165, 1.54) is 12.1 Å². The van der Waals surface area contributed by atoms with Crippen LogP contribution >= 0.6 is 0 Å². The van der Waals surface area contributed by atoms with Crippen molar-refractivity contribution in [2.75, 3.05) is 11.8 Å². The molecule has 0 amide bonds. The van der Waals surface area contributed by atoms with Gasteiger partial charge in [-0.2, -0.15) is 0 Å². The number of aromatic nitrogens is 1. The zero-order chi connectivity index (χ0) is 21.2. The van der Waals surface area contributed by atoms with Gasteiger partial charge in [-0.1, -0.05) is 25.1 Å². The van der Waals surface area contributed by atoms with E-state index in [1.54, 1.807) is 43.8 Å². The van der Waals surface area contributed by atoms with Crippen molar-refractivity contribution in [1.82, 2.24) is 4.57 Å². The Hall–Kier alpha value is -3.06. The van der Waals surface area contributed by atoms with Gasteiger partial charge in [-0.3, -0.25) is 9.52 Å². The molecule has 1 heterocycles. The van der Waals surface area contributed by atoms with Gasteiger partial charge in [0.15, 0.2) is 5.78 Å². The van der Waals surface area contributed by atoms with Crippen LogP contribution in [0, 0.1) is 6.92 Å². The number of methoxy groups -OCH3 is 1. The van der Waals surface area contributed by atoms with Crippen molar-refractivity contribution in [1.29, 1.82) is 0 Å². The van der Waals surface area contributed by atoms with E-state index in [-0.39, 0.29) is 17.1 Å². The number of anilines is 1. The first kappa shape index (κ1) is 20.7. The molecule has 0 saturated carbocycles. The molecule has 1 aromatic heterocycles. The zero-order valence-electron chi connectivity index (χ0n) is 16.9. The standard InChI is InChI=1S/C22H24N2O4S/c1-5-19(25)22-20(23-29(26,27)18-9-7-6-8-10-18)15(2)21(24(22)3)16-11-13-17(28-4)14-12-16/h6-14,23H,5H2,1-4H3. The number of nitrogens with one attached hydrogen (secondary N) is 1. The molecule has 0 aliphatic carbocycles. The van der Waals surface area contributed by atoms with E-state index in [0.29, 0.717) is 16.9 Å². The van der Waals surface area contributed by atoms with E-state index < -0.39 is 10.0 Å². The molecule has 0 spiro atoms. The maximum Gasteiger partial charge on any atom is 0.261 e. The Balaban J connectivity index is 2.17. The Kier molecular flexibility index (Phi) is 5.79. The van der Waals surface area contributed by atoms with Crippen LogP contribution in [0.5, 0.6) is 5.75 Å². The van der Waals surface area contributed by atoms with Gasteiger partial charge in [-0.25, -0.2) is 8.42 Å². The lowest BCUT2D eigenvalue weighted by molar-refractivity contribution is 0.0981. The summed E-state index contributed by atoms with van der Waals surface area (Å²) in [6.07, 6.45) is 0.263. The molecule has 152 valence electrons. The van der Waals surface area contributed by atoms with Crippen molar-refractivity contribution in [2.45, 2.75) is 25.2 Å². The summed E-state index contributed by atoms with van der Waals surface area (Å²) in [5.41, 5.74) is 2.98. The van der Waals surface area contributed by atoms with Crippen molar-refractivity contribution in [3.63, 3.8) is 0 Å². The molecule has 0 aliphatic rings. The summed E-state index contributed by atoms with van der Waals surface area (Å²) in [7, 11) is -0.464. The molecule has 2 aromatic carbocycles. The van der Waals surface area contributed by atoms with E-state index in [2.05, 4.69) is 4.72 Å². The Morgan fingerprint density at radius 2 is 1.69 bits per heavy atom. The molecule has 29 heavy (non-hydrogen) atoms. The first-order chi connectivity index (χ1) is 13.8. The minimum Gasteiger partial charge on any atom is -0.497 e. The number of hydrogen-bond donors (Lipinski definition) is 1. The van der Waals surface area contributed by atoms with Gasteiger partial charge in [0.1, 0.15) is 11.4 Å². The number of rotatable bonds is 7. The number of carbonyl (C=O) groups is 1. The molecule has 6 nitrogen and oxygen atoms in total. The van der Waals surface area contributed by atoms with Gasteiger partial charge in [-0.15, -0.1) is 0 Å². The smallest absolute Gasteiger partial charge is 0.261 e. The molecule has 7 heteroatoms. The number of benzene rings is 2. The van der Waals surface area contributed by atoms with Crippen LogP contribution in [0.25, 0.3) is 11.3 Å². The molecule has 0 saturated heterocycles. The summed E-state index contributed by atoms with van der Waals surface area (Å²) < 4.78 is 35.4. The van der Waals surface area contributed by atoms with Gasteiger partial charge in [-0.05, 0) is 54.4 Å². The van der Waals surface area contributed by atoms with Crippen molar-refractivity contribution in [3.8, 4) is 17.0 Å². The Morgan fingerprint density at radius 1 is 1.07 bits per heavy atom. The highest BCUT2D eigenvalue weighted by Crippen LogP contribution is 2.36. The lowest BCUT2D eigenvalue weighted by atomic mass is 10.1. The van der Waals surface area contributed by atoms with Gasteiger partial charge < -0.3 is 9.30 Å². The Morgan fingerprint density at radius 3 is 2.24 bits per heavy atom. The molecule has 0 unspecified atom stereocenters. The third-order valence-corrected chi connectivity index (χ3v) is 6.24. The Bertz CT molecular complexity index is 1130. The minimum absolute atomic E-state index is 0.138. The van der Waals surface area contributed by atoms with Gasteiger partial charge in [0.05, 0.1) is 23.4 Å². The normalized spacial score (nSPS) is 11.3. The SMILES string of the molecule is CCC(=O)c1c(NS(=O)(=O)c2ccccc2)c(C)c(-c2ccc(OC)cc2)n1C. The van der Waals surface area contributed by atoms with Crippen molar-refractivity contribution in [2.24, 2.45) is 7.05 Å². The zero-order valence-corrected chi connectivity index (χ0v) is 17.7. The molecular weight excluding hydrogens is 388 g/mol. The predicted molar refractivity (Wildman–Crippen MR) is 114 cm³/mol. The van der Waals surface area contributed by atoms with Gasteiger partial charge in [0.25, 0.3) is 10.0 Å². The summed E-state index contributed by atoms with van der Waals surface area (Å²) in [6.45, 7) is 3.57. The maximum atomic E-state index is 12.9. The second-order valence-corrected chi connectivity index (χ2v) is 8.36. The predicted octanol–water partition coefficient (Wildman–Crippen LogP) is 4.40. The van der Waals surface area contributed by atoms with Crippen molar-refractivity contribution in [3.05, 3.63) is 65.9 Å². The largest absolute Gasteiger partial charge is 0.497 e. The van der Waals surface area contributed by atoms with E-state index in [9.17, 15) is 13.2 Å². The fourth-order valence-electron chi connectivity index (χ4n) is 3.40. The van der Waals surface area contributed by atoms with Crippen LogP contribution in [-0.2, 0) is 17.1 Å². The number of hydrogen-bond acceptors (Lipinski definition) is 4. The minimum atomic E-state index is -3.83. The van der Waals surface area contributed by atoms with E-state index in [4.69, 9.17) is 4.74 Å². The van der Waals surface area contributed by atoms with Crippen LogP contribution in [0.15, 0.2) is 59.5 Å². The summed E-state index contributed by atoms with van der Waals surface area (Å²) in [6, 6.07) is 15.5. The Labute approximate surface area is 171 Å². The van der Waals surface area contributed by atoms with E-state index in [0.717, 1.165) is 17.0 Å². The molecule has 3 rings (SSSR count). The first-order valence-electron chi connectivity index (χ1n) is 9.25. The third kappa shape index (κ3) is 3.91. The average molecular weight is 413 g/mol. The van der Waals surface area contributed by atoms with Gasteiger partial charge >= 0.3 is 0 Å². The molecular formula is C22H24N2O4S. The molecule has 3 aromatic rings. The lowest BCUT2D eigenvalue weighted by Crippen LogP contribution is -2.16. The van der Waals surface area contributed by atoms with Gasteiger partial charge in [0, 0.05) is 13.5 Å². The fourth-order valence-corrected chi connectivity index (χ4v) is 4.55. The monoisotopic (exact) mass is 412 g/mol. The quantitative estimate of drug-likeness (QED) is 0.584. The summed E-state index contributed by atoms with van der Waals surface area (Å²) in [4.78, 5) is 12.8. The maximum absolute atomic E-state index is 12.9. The molecule has 0 atom stereocenters. The van der Waals surface area contributed by atoms with Crippen LogP contribution in [0.2, 0.25) is 0 Å². The number of ether oxygens (including phenoxy) is 1. The lowest BCUT2D eigenvalue weighted by Gasteiger charge is -2.10. The van der Waals surface area contributed by atoms with Crippen LogP contribution in [0.3, 0.4) is 0 Å². The topological polar surface area (TPSA) is 77.4 Å². The molecule has 0 bridgehead atoms. The number of nitrogens with zero attached hydrogens (tertiary/aromatic N) is 1. The molecule has 1 N–H and O–H groups in total. The second-order valence-electron chi connectivity index (χ2n) is 6.68. The molecule has 0 aliphatic heterocycles. The summed E-state index contributed by atoms with van der Waals surface area (Å²) in [5.74, 6) is 0.580.